The van der Waals surface area contributed by atoms with E-state index in [1.165, 1.54) is 5.56 Å². The maximum Gasteiger partial charge on any atom is 0.194 e. The first-order valence-corrected chi connectivity index (χ1v) is 7.35. The summed E-state index contributed by atoms with van der Waals surface area (Å²) >= 11 is 6.02. The Morgan fingerprint density at radius 3 is 2.81 bits per heavy atom. The molecule has 1 aliphatic carbocycles. The van der Waals surface area contributed by atoms with Crippen LogP contribution in [0.1, 0.15) is 24.3 Å². The maximum atomic E-state index is 6.02. The summed E-state index contributed by atoms with van der Waals surface area (Å²) in [5.74, 6) is 1.66. The summed E-state index contributed by atoms with van der Waals surface area (Å²) in [6.07, 6.45) is 3.73. The van der Waals surface area contributed by atoms with Crippen molar-refractivity contribution in [1.82, 2.24) is 4.98 Å². The van der Waals surface area contributed by atoms with Gasteiger partial charge in [-0.2, -0.15) is 0 Å². The first kappa shape index (κ1) is 13.9. The Kier molecular flexibility index (Phi) is 4.06. The molecule has 1 heterocycles. The monoisotopic (exact) mass is 300 g/mol. The van der Waals surface area contributed by atoms with Crippen LogP contribution in [-0.2, 0) is 0 Å². The van der Waals surface area contributed by atoms with Crippen molar-refractivity contribution < 1.29 is 0 Å². The van der Waals surface area contributed by atoms with Gasteiger partial charge < -0.3 is 11.1 Å². The van der Waals surface area contributed by atoms with Crippen LogP contribution in [0.5, 0.6) is 0 Å². The van der Waals surface area contributed by atoms with Crippen LogP contribution in [0.4, 0.5) is 5.82 Å². The largest absolute Gasteiger partial charge is 0.370 e. The smallest absolute Gasteiger partial charge is 0.194 e. The number of rotatable bonds is 3. The van der Waals surface area contributed by atoms with Crippen molar-refractivity contribution >= 4 is 23.4 Å². The van der Waals surface area contributed by atoms with Gasteiger partial charge in [-0.1, -0.05) is 29.8 Å². The second-order valence-corrected chi connectivity index (χ2v) is 5.67. The zero-order valence-electron chi connectivity index (χ0n) is 11.5. The number of hydrogen-bond acceptors (Lipinski definition) is 2. The van der Waals surface area contributed by atoms with Crippen LogP contribution in [0.2, 0.25) is 5.02 Å². The topological polar surface area (TPSA) is 63.3 Å². The highest BCUT2D eigenvalue weighted by Gasteiger charge is 2.30. The van der Waals surface area contributed by atoms with E-state index in [2.05, 4.69) is 21.4 Å². The van der Waals surface area contributed by atoms with Crippen LogP contribution in [0.25, 0.3) is 0 Å². The van der Waals surface area contributed by atoms with Crippen molar-refractivity contribution in [3.63, 3.8) is 0 Å². The van der Waals surface area contributed by atoms with Gasteiger partial charge in [-0.25, -0.2) is 9.98 Å². The zero-order chi connectivity index (χ0) is 14.7. The summed E-state index contributed by atoms with van der Waals surface area (Å²) in [5.41, 5.74) is 7.18. The molecule has 5 heteroatoms. The number of aliphatic imine (C=N–C) groups is 1. The first-order valence-electron chi connectivity index (χ1n) is 6.97. The lowest BCUT2D eigenvalue weighted by molar-refractivity contribution is 0.353. The van der Waals surface area contributed by atoms with E-state index in [9.17, 15) is 0 Å². The van der Waals surface area contributed by atoms with Gasteiger partial charge >= 0.3 is 0 Å². The molecule has 4 nitrogen and oxygen atoms in total. The molecule has 108 valence electrons. The van der Waals surface area contributed by atoms with Crippen molar-refractivity contribution in [3.05, 3.63) is 59.2 Å². The second kappa shape index (κ2) is 6.14. The number of aromatic nitrogens is 1. The summed E-state index contributed by atoms with van der Waals surface area (Å²) in [7, 11) is 0. The van der Waals surface area contributed by atoms with Crippen molar-refractivity contribution in [2.45, 2.75) is 24.8 Å². The summed E-state index contributed by atoms with van der Waals surface area (Å²) in [6.45, 7) is 0. The number of nitrogens with two attached hydrogens (primary N) is 1. The minimum absolute atomic E-state index is 0.269. The first-order chi connectivity index (χ1) is 10.2. The molecule has 21 heavy (non-hydrogen) atoms. The van der Waals surface area contributed by atoms with E-state index in [1.807, 2.05) is 36.4 Å². The third kappa shape index (κ3) is 3.52. The molecular formula is C16H17ClN4. The van der Waals surface area contributed by atoms with Gasteiger partial charge in [-0.15, -0.1) is 0 Å². The van der Waals surface area contributed by atoms with Gasteiger partial charge in [0.25, 0.3) is 0 Å². The van der Waals surface area contributed by atoms with E-state index in [1.54, 1.807) is 6.20 Å². The molecule has 1 aliphatic rings. The van der Waals surface area contributed by atoms with Crippen LogP contribution in [0.3, 0.4) is 0 Å². The van der Waals surface area contributed by atoms with E-state index < -0.39 is 0 Å². The molecule has 0 radical (unpaired) electrons. The fourth-order valence-electron chi connectivity index (χ4n) is 2.52. The molecule has 2 aromatic rings. The molecule has 1 aromatic heterocycles. The number of pyridine rings is 1. The van der Waals surface area contributed by atoms with E-state index >= 15 is 0 Å². The van der Waals surface area contributed by atoms with E-state index in [0.29, 0.717) is 17.7 Å². The Bertz CT molecular complexity index is 636. The molecule has 1 saturated carbocycles. The number of hydrogen-bond donors (Lipinski definition) is 2. The predicted octanol–water partition coefficient (Wildman–Crippen LogP) is 3.41. The van der Waals surface area contributed by atoms with Crippen molar-refractivity contribution in [2.24, 2.45) is 10.7 Å². The lowest BCUT2D eigenvalue weighted by atomic mass is 9.76. The number of halogens is 1. The number of anilines is 1. The highest BCUT2D eigenvalue weighted by atomic mass is 35.5. The Hall–Kier alpha value is -2.07. The number of guanidine groups is 1. The molecule has 0 spiro atoms. The number of benzene rings is 1. The Balaban J connectivity index is 1.55. The molecule has 3 N–H and O–H groups in total. The van der Waals surface area contributed by atoms with E-state index in [0.717, 1.165) is 17.9 Å². The number of nitrogens with zero attached hydrogens (tertiary/aromatic N) is 2. The van der Waals surface area contributed by atoms with Gasteiger partial charge in [-0.05, 0) is 48.6 Å². The van der Waals surface area contributed by atoms with Gasteiger partial charge in [0.1, 0.15) is 5.82 Å². The average Bonchev–Trinajstić information content (AvgIpc) is 2.43. The Morgan fingerprint density at radius 1 is 1.24 bits per heavy atom. The fraction of sp³-hybridized carbons (Fsp3) is 0.250. The van der Waals surface area contributed by atoms with Crippen LogP contribution in [-0.4, -0.2) is 17.0 Å². The van der Waals surface area contributed by atoms with Crippen LogP contribution in [0, 0.1) is 0 Å². The number of nitrogens with one attached hydrogen (secondary N) is 1. The standard InChI is InChI=1S/C16H17ClN4/c17-13-5-3-4-11(8-13)12-9-14(10-12)20-16(18)21-15-6-1-2-7-19-15/h1-8,12,14H,9-10H2,(H3,18,19,20,21). The highest BCUT2D eigenvalue weighted by molar-refractivity contribution is 6.30. The molecule has 0 atom stereocenters. The van der Waals surface area contributed by atoms with E-state index in [4.69, 9.17) is 17.3 Å². The summed E-state index contributed by atoms with van der Waals surface area (Å²) < 4.78 is 0. The summed E-state index contributed by atoms with van der Waals surface area (Å²) in [6, 6.07) is 13.9. The van der Waals surface area contributed by atoms with Gasteiger partial charge in [-0.3, -0.25) is 0 Å². The van der Waals surface area contributed by atoms with E-state index in [-0.39, 0.29) is 6.04 Å². The van der Waals surface area contributed by atoms with Crippen LogP contribution >= 0.6 is 11.6 Å². The molecule has 0 saturated heterocycles. The highest BCUT2D eigenvalue weighted by Crippen LogP contribution is 2.39. The average molecular weight is 301 g/mol. The lowest BCUT2D eigenvalue weighted by Gasteiger charge is -2.33. The minimum Gasteiger partial charge on any atom is -0.370 e. The Morgan fingerprint density at radius 2 is 2.10 bits per heavy atom. The molecule has 0 unspecified atom stereocenters. The Labute approximate surface area is 129 Å². The summed E-state index contributed by atoms with van der Waals surface area (Å²) in [4.78, 5) is 8.64. The molecular weight excluding hydrogens is 284 g/mol. The van der Waals surface area contributed by atoms with Crippen LogP contribution in [0.15, 0.2) is 53.7 Å². The van der Waals surface area contributed by atoms with Crippen molar-refractivity contribution in [2.75, 3.05) is 5.32 Å². The van der Waals surface area contributed by atoms with Gasteiger partial charge in [0, 0.05) is 11.2 Å². The van der Waals surface area contributed by atoms with Gasteiger partial charge in [0.2, 0.25) is 0 Å². The SMILES string of the molecule is NC(=NC1CC(c2cccc(Cl)c2)C1)Nc1ccccn1. The molecule has 1 aromatic carbocycles. The van der Waals surface area contributed by atoms with Crippen LogP contribution < -0.4 is 11.1 Å². The fourth-order valence-corrected chi connectivity index (χ4v) is 2.72. The van der Waals surface area contributed by atoms with Crippen molar-refractivity contribution in [3.8, 4) is 0 Å². The quantitative estimate of drug-likeness (QED) is 0.674. The normalized spacial score (nSPS) is 21.7. The molecule has 1 fully saturated rings. The van der Waals surface area contributed by atoms with Gasteiger partial charge in [0.05, 0.1) is 6.04 Å². The second-order valence-electron chi connectivity index (χ2n) is 5.23. The third-order valence-corrected chi connectivity index (χ3v) is 3.91. The minimum atomic E-state index is 0.269. The van der Waals surface area contributed by atoms with Crippen molar-refractivity contribution in [1.29, 1.82) is 0 Å². The third-order valence-electron chi connectivity index (χ3n) is 3.68. The predicted molar refractivity (Wildman–Crippen MR) is 86.7 cm³/mol. The maximum absolute atomic E-state index is 6.02. The lowest BCUT2D eigenvalue weighted by Crippen LogP contribution is -2.31. The zero-order valence-corrected chi connectivity index (χ0v) is 12.3. The molecule has 0 amide bonds. The molecule has 0 bridgehead atoms. The molecule has 3 rings (SSSR count). The van der Waals surface area contributed by atoms with Gasteiger partial charge in [0.15, 0.2) is 5.96 Å². The molecule has 0 aliphatic heterocycles. The summed E-state index contributed by atoms with van der Waals surface area (Å²) in [5, 5.41) is 3.79.